The van der Waals surface area contributed by atoms with Crippen molar-refractivity contribution in [2.75, 3.05) is 18.5 Å². The molecule has 1 atom stereocenters. The molecule has 8 nitrogen and oxygen atoms in total. The van der Waals surface area contributed by atoms with Crippen molar-refractivity contribution < 1.29 is 31.9 Å². The van der Waals surface area contributed by atoms with E-state index in [1.165, 1.54) is 0 Å². The summed E-state index contributed by atoms with van der Waals surface area (Å²) in [5, 5.41) is 2.65. The Morgan fingerprint density at radius 1 is 0.943 bits per heavy atom. The van der Waals surface area contributed by atoms with E-state index in [0.29, 0.717) is 17.0 Å². The summed E-state index contributed by atoms with van der Waals surface area (Å²) in [6.07, 6.45) is 0.0904. The van der Waals surface area contributed by atoms with Crippen LogP contribution >= 0.6 is 0 Å². The van der Waals surface area contributed by atoms with Crippen molar-refractivity contribution in [2.24, 2.45) is 0 Å². The molecule has 0 aromatic heterocycles. The monoisotopic (exact) mass is 500 g/mol. The summed E-state index contributed by atoms with van der Waals surface area (Å²) in [6, 6.07) is 18.1. The van der Waals surface area contributed by atoms with Crippen LogP contribution in [0.2, 0.25) is 0 Å². The van der Waals surface area contributed by atoms with Crippen molar-refractivity contribution in [3.05, 3.63) is 90.2 Å². The number of hydrogen-bond donors (Lipinski definition) is 2. The van der Waals surface area contributed by atoms with Gasteiger partial charge in [0, 0.05) is 5.69 Å². The molecule has 0 fully saturated rings. The van der Waals surface area contributed by atoms with E-state index in [4.69, 9.17) is 9.47 Å². The highest BCUT2D eigenvalue weighted by atomic mass is 32.2. The molecule has 3 aromatic carbocycles. The van der Waals surface area contributed by atoms with Gasteiger partial charge in [-0.1, -0.05) is 30.3 Å². The second-order valence-corrected chi connectivity index (χ2v) is 9.13. The summed E-state index contributed by atoms with van der Waals surface area (Å²) in [7, 11) is -4.15. The molecular weight excluding hydrogens is 475 g/mol. The van der Waals surface area contributed by atoms with Gasteiger partial charge in [-0.2, -0.15) is 4.72 Å². The van der Waals surface area contributed by atoms with Crippen molar-refractivity contribution in [3.63, 3.8) is 0 Å². The fraction of sp³-hybridized carbons (Fsp3) is 0.200. The van der Waals surface area contributed by atoms with Crippen molar-refractivity contribution in [1.29, 1.82) is 0 Å². The molecule has 0 bridgehead atoms. The van der Waals surface area contributed by atoms with Crippen molar-refractivity contribution in [2.45, 2.75) is 24.3 Å². The highest BCUT2D eigenvalue weighted by Gasteiger charge is 2.27. The molecule has 0 aliphatic rings. The number of nitrogens with one attached hydrogen (secondary N) is 2. The van der Waals surface area contributed by atoms with Gasteiger partial charge in [-0.05, 0) is 61.0 Å². The number of amides is 1. The third-order valence-electron chi connectivity index (χ3n) is 4.77. The van der Waals surface area contributed by atoms with Crippen LogP contribution in [0.15, 0.2) is 83.8 Å². The van der Waals surface area contributed by atoms with Crippen LogP contribution in [-0.4, -0.2) is 39.5 Å². The number of carbonyl (C=O) groups is 2. The van der Waals surface area contributed by atoms with Crippen LogP contribution in [0, 0.1) is 5.82 Å². The molecule has 0 aliphatic carbocycles. The van der Waals surface area contributed by atoms with Gasteiger partial charge in [0.05, 0.1) is 17.9 Å². The smallest absolute Gasteiger partial charge is 0.310 e. The van der Waals surface area contributed by atoms with E-state index in [0.717, 1.165) is 24.3 Å². The lowest BCUT2D eigenvalue weighted by atomic mass is 10.1. The second kappa shape index (κ2) is 12.1. The highest BCUT2D eigenvalue weighted by Crippen LogP contribution is 2.15. The number of ether oxygens (including phenoxy) is 2. The predicted molar refractivity (Wildman–Crippen MR) is 128 cm³/mol. The first-order chi connectivity index (χ1) is 16.8. The normalized spacial score (nSPS) is 11.9. The van der Waals surface area contributed by atoms with Gasteiger partial charge in [0.2, 0.25) is 15.9 Å². The Balaban J connectivity index is 1.74. The zero-order valence-corrected chi connectivity index (χ0v) is 19.8. The van der Waals surface area contributed by atoms with Gasteiger partial charge < -0.3 is 14.8 Å². The second-order valence-electron chi connectivity index (χ2n) is 7.42. The van der Waals surface area contributed by atoms with Crippen LogP contribution in [0.4, 0.5) is 10.1 Å². The van der Waals surface area contributed by atoms with E-state index in [1.807, 2.05) is 0 Å². The van der Waals surface area contributed by atoms with Crippen LogP contribution in [0.5, 0.6) is 5.75 Å². The summed E-state index contributed by atoms with van der Waals surface area (Å²) in [6.45, 7) is 1.71. The first kappa shape index (κ1) is 25.9. The molecule has 1 amide bonds. The van der Waals surface area contributed by atoms with Gasteiger partial charge in [-0.15, -0.1) is 0 Å². The maximum atomic E-state index is 13.2. The largest absolute Gasteiger partial charge is 0.491 e. The summed E-state index contributed by atoms with van der Waals surface area (Å²) in [5.74, 6) is -1.16. The maximum absolute atomic E-state index is 13.2. The number of anilines is 1. The summed E-state index contributed by atoms with van der Waals surface area (Å²) < 4.78 is 51.7. The average Bonchev–Trinajstić information content (AvgIpc) is 2.84. The Labute approximate surface area is 203 Å². The molecule has 0 saturated heterocycles. The van der Waals surface area contributed by atoms with E-state index in [-0.39, 0.29) is 30.5 Å². The summed E-state index contributed by atoms with van der Waals surface area (Å²) >= 11 is 0. The van der Waals surface area contributed by atoms with Gasteiger partial charge in [0.1, 0.15) is 24.2 Å². The Bertz CT molecular complexity index is 1230. The fourth-order valence-electron chi connectivity index (χ4n) is 3.04. The molecule has 0 spiro atoms. The van der Waals surface area contributed by atoms with Crippen molar-refractivity contribution in [3.8, 4) is 5.75 Å². The number of halogens is 1. The maximum Gasteiger partial charge on any atom is 0.310 e. The van der Waals surface area contributed by atoms with Crippen molar-refractivity contribution >= 4 is 27.6 Å². The average molecular weight is 501 g/mol. The minimum Gasteiger partial charge on any atom is -0.491 e. The van der Waals surface area contributed by atoms with Crippen molar-refractivity contribution in [1.82, 2.24) is 4.72 Å². The minimum absolute atomic E-state index is 0.0904. The summed E-state index contributed by atoms with van der Waals surface area (Å²) in [5.41, 5.74) is 1.09. The SMILES string of the molecule is CCOC(=O)Cc1ccc(NC(=O)C(COc2ccccc2)NS(=O)(=O)c2ccc(F)cc2)cc1. The first-order valence-electron chi connectivity index (χ1n) is 10.8. The van der Waals surface area contributed by atoms with Crippen LogP contribution in [0.3, 0.4) is 0 Å². The topological polar surface area (TPSA) is 111 Å². The molecule has 3 aromatic rings. The van der Waals surface area contributed by atoms with E-state index >= 15 is 0 Å². The lowest BCUT2D eigenvalue weighted by Crippen LogP contribution is -2.47. The van der Waals surface area contributed by atoms with Gasteiger partial charge >= 0.3 is 5.97 Å². The molecule has 2 N–H and O–H groups in total. The van der Waals surface area contributed by atoms with Gasteiger partial charge in [0.15, 0.2) is 0 Å². The lowest BCUT2D eigenvalue weighted by Gasteiger charge is -2.19. The zero-order valence-electron chi connectivity index (χ0n) is 18.9. The van der Waals surface area contributed by atoms with Crippen LogP contribution in [0.25, 0.3) is 0 Å². The van der Waals surface area contributed by atoms with E-state index in [2.05, 4.69) is 10.0 Å². The number of carbonyl (C=O) groups excluding carboxylic acids is 2. The molecule has 0 aliphatic heterocycles. The molecule has 1 unspecified atom stereocenters. The molecular formula is C25H25FN2O6S. The lowest BCUT2D eigenvalue weighted by molar-refractivity contribution is -0.142. The Morgan fingerprint density at radius 2 is 1.60 bits per heavy atom. The Kier molecular flexibility index (Phi) is 8.93. The number of para-hydroxylation sites is 1. The third kappa shape index (κ3) is 7.90. The first-order valence-corrected chi connectivity index (χ1v) is 12.3. The van der Waals surface area contributed by atoms with E-state index in [9.17, 15) is 22.4 Å². The van der Waals surface area contributed by atoms with E-state index < -0.39 is 27.8 Å². The van der Waals surface area contributed by atoms with Crippen LogP contribution < -0.4 is 14.8 Å². The Morgan fingerprint density at radius 3 is 2.23 bits per heavy atom. The Hall–Kier alpha value is -3.76. The molecule has 35 heavy (non-hydrogen) atoms. The number of rotatable bonds is 11. The molecule has 0 heterocycles. The number of benzene rings is 3. The predicted octanol–water partition coefficient (Wildman–Crippen LogP) is 3.30. The standard InChI is InChI=1S/C25H25FN2O6S/c1-2-33-24(29)16-18-8-12-20(13-9-18)27-25(30)23(17-34-21-6-4-3-5-7-21)28-35(31,32)22-14-10-19(26)11-15-22/h3-15,23,28H,2,16-17H2,1H3,(H,27,30). The molecule has 3 rings (SSSR count). The van der Waals surface area contributed by atoms with E-state index in [1.54, 1.807) is 61.5 Å². The number of hydrogen-bond acceptors (Lipinski definition) is 6. The molecule has 184 valence electrons. The van der Waals surface area contributed by atoms with Crippen LogP contribution in [0.1, 0.15) is 12.5 Å². The molecule has 0 saturated carbocycles. The quantitative estimate of drug-likeness (QED) is 0.391. The van der Waals surface area contributed by atoms with Gasteiger partial charge in [-0.3, -0.25) is 9.59 Å². The van der Waals surface area contributed by atoms with Gasteiger partial charge in [0.25, 0.3) is 0 Å². The minimum atomic E-state index is -4.15. The number of esters is 1. The zero-order chi connectivity index (χ0) is 25.3. The molecule has 10 heteroatoms. The summed E-state index contributed by atoms with van der Waals surface area (Å²) in [4.78, 5) is 24.4. The fourth-order valence-corrected chi connectivity index (χ4v) is 4.22. The molecule has 0 radical (unpaired) electrons. The third-order valence-corrected chi connectivity index (χ3v) is 6.26. The number of sulfonamides is 1. The van der Waals surface area contributed by atoms with Crippen LogP contribution in [-0.2, 0) is 30.8 Å². The van der Waals surface area contributed by atoms with Gasteiger partial charge in [-0.25, -0.2) is 12.8 Å². The highest BCUT2D eigenvalue weighted by molar-refractivity contribution is 7.89.